The van der Waals surface area contributed by atoms with Crippen LogP contribution >= 0.6 is 0 Å². The van der Waals surface area contributed by atoms with Crippen molar-refractivity contribution in [3.63, 3.8) is 0 Å². The Morgan fingerprint density at radius 1 is 1.09 bits per heavy atom. The summed E-state index contributed by atoms with van der Waals surface area (Å²) in [5.41, 5.74) is 1.15. The van der Waals surface area contributed by atoms with Crippen LogP contribution in [0.5, 0.6) is 0 Å². The Morgan fingerprint density at radius 2 is 1.70 bits per heavy atom. The molecule has 0 aliphatic carbocycles. The van der Waals surface area contributed by atoms with Gasteiger partial charge in [-0.05, 0) is 29.8 Å². The van der Waals surface area contributed by atoms with Gasteiger partial charge in [-0.25, -0.2) is 13.1 Å². The monoisotopic (exact) mass is 334 g/mol. The zero-order chi connectivity index (χ0) is 16.9. The first-order valence-corrected chi connectivity index (χ1v) is 8.47. The summed E-state index contributed by atoms with van der Waals surface area (Å²) in [6, 6.07) is 14.6. The predicted molar refractivity (Wildman–Crippen MR) is 87.3 cm³/mol. The van der Waals surface area contributed by atoms with Gasteiger partial charge >= 0.3 is 0 Å². The van der Waals surface area contributed by atoms with Crippen LogP contribution in [0, 0.1) is 0 Å². The molecule has 1 amide bonds. The average molecular weight is 334 g/mol. The first-order chi connectivity index (χ1) is 10.9. The quantitative estimate of drug-likeness (QED) is 0.748. The molecule has 0 saturated carbocycles. The van der Waals surface area contributed by atoms with Gasteiger partial charge in [0.05, 0.1) is 11.0 Å². The largest absolute Gasteiger partial charge is 0.387 e. The number of aliphatic hydroxyl groups is 1. The molecule has 0 aliphatic rings. The Morgan fingerprint density at radius 3 is 2.26 bits per heavy atom. The first-order valence-electron chi connectivity index (χ1n) is 6.99. The molecule has 0 fully saturated rings. The molecule has 1 atom stereocenters. The third-order valence-corrected chi connectivity index (χ3v) is 4.58. The fourth-order valence-electron chi connectivity index (χ4n) is 1.99. The van der Waals surface area contributed by atoms with Crippen molar-refractivity contribution in [1.29, 1.82) is 0 Å². The summed E-state index contributed by atoms with van der Waals surface area (Å²) in [5, 5.41) is 12.6. The molecule has 2 rings (SSSR count). The lowest BCUT2D eigenvalue weighted by Gasteiger charge is -2.13. The van der Waals surface area contributed by atoms with Gasteiger partial charge in [0.25, 0.3) is 0 Å². The highest BCUT2D eigenvalue weighted by atomic mass is 32.2. The molecule has 3 N–H and O–H groups in total. The number of sulfonamides is 1. The van der Waals surface area contributed by atoms with Gasteiger partial charge < -0.3 is 10.4 Å². The van der Waals surface area contributed by atoms with Crippen LogP contribution in [0.4, 0.5) is 5.69 Å². The van der Waals surface area contributed by atoms with Crippen molar-refractivity contribution >= 4 is 21.6 Å². The molecule has 6 nitrogen and oxygen atoms in total. The molecule has 0 bridgehead atoms. The first kappa shape index (κ1) is 17.1. The second-order valence-electron chi connectivity index (χ2n) is 4.98. The van der Waals surface area contributed by atoms with E-state index in [-0.39, 0.29) is 17.3 Å². The molecule has 0 unspecified atom stereocenters. The Kier molecular flexibility index (Phi) is 5.49. The maximum absolute atomic E-state index is 12.2. The van der Waals surface area contributed by atoms with Gasteiger partial charge in [0.2, 0.25) is 15.9 Å². The van der Waals surface area contributed by atoms with E-state index >= 15 is 0 Å². The third-order valence-electron chi connectivity index (χ3n) is 3.14. The fraction of sp³-hybridized carbons (Fsp3) is 0.188. The van der Waals surface area contributed by atoms with Crippen LogP contribution in [0.15, 0.2) is 59.5 Å². The van der Waals surface area contributed by atoms with Crippen molar-refractivity contribution in [2.24, 2.45) is 0 Å². The van der Waals surface area contributed by atoms with Gasteiger partial charge in [-0.3, -0.25) is 4.79 Å². The van der Waals surface area contributed by atoms with Crippen molar-refractivity contribution in [1.82, 2.24) is 4.72 Å². The van der Waals surface area contributed by atoms with E-state index in [1.807, 2.05) is 6.07 Å². The molecule has 0 heterocycles. The van der Waals surface area contributed by atoms with E-state index in [1.165, 1.54) is 31.2 Å². The van der Waals surface area contributed by atoms with Crippen LogP contribution in [0.25, 0.3) is 0 Å². The third kappa shape index (κ3) is 4.88. The minimum absolute atomic E-state index is 0.0619. The van der Waals surface area contributed by atoms with Crippen LogP contribution in [0.1, 0.15) is 18.6 Å². The number of hydrogen-bond acceptors (Lipinski definition) is 4. The summed E-state index contributed by atoms with van der Waals surface area (Å²) in [6.07, 6.45) is -0.926. The van der Waals surface area contributed by atoms with Crippen LogP contribution in [0.3, 0.4) is 0 Å². The summed E-state index contributed by atoms with van der Waals surface area (Å²) < 4.78 is 26.8. The van der Waals surface area contributed by atoms with E-state index in [9.17, 15) is 18.3 Å². The van der Waals surface area contributed by atoms with E-state index in [1.54, 1.807) is 24.3 Å². The lowest BCUT2D eigenvalue weighted by molar-refractivity contribution is -0.114. The molecule has 7 heteroatoms. The van der Waals surface area contributed by atoms with Gasteiger partial charge in [0, 0.05) is 19.2 Å². The summed E-state index contributed by atoms with van der Waals surface area (Å²) >= 11 is 0. The normalized spacial score (nSPS) is 12.6. The minimum Gasteiger partial charge on any atom is -0.387 e. The number of rotatable bonds is 6. The van der Waals surface area contributed by atoms with E-state index in [4.69, 9.17) is 0 Å². The predicted octanol–water partition coefficient (Wildman–Crippen LogP) is 1.66. The summed E-state index contributed by atoms with van der Waals surface area (Å²) in [7, 11) is -3.73. The lowest BCUT2D eigenvalue weighted by Crippen LogP contribution is -2.28. The minimum atomic E-state index is -3.73. The number of amides is 1. The van der Waals surface area contributed by atoms with E-state index in [2.05, 4.69) is 10.0 Å². The number of hydrogen-bond donors (Lipinski definition) is 3. The molecule has 0 saturated heterocycles. The number of carbonyl (C=O) groups is 1. The smallest absolute Gasteiger partial charge is 0.240 e. The van der Waals surface area contributed by atoms with Crippen molar-refractivity contribution in [3.8, 4) is 0 Å². The SMILES string of the molecule is CC(=O)Nc1ccc(S(=O)(=O)NC[C@H](O)c2ccccc2)cc1. The van der Waals surface area contributed by atoms with E-state index in [0.717, 1.165) is 0 Å². The van der Waals surface area contributed by atoms with E-state index in [0.29, 0.717) is 11.3 Å². The second-order valence-corrected chi connectivity index (χ2v) is 6.75. The second kappa shape index (κ2) is 7.36. The maximum Gasteiger partial charge on any atom is 0.240 e. The summed E-state index contributed by atoms with van der Waals surface area (Å²) in [5.74, 6) is -0.232. The van der Waals surface area contributed by atoms with Gasteiger partial charge in [-0.1, -0.05) is 30.3 Å². The highest BCUT2D eigenvalue weighted by molar-refractivity contribution is 7.89. The Balaban J connectivity index is 2.02. The molecule has 122 valence electrons. The number of benzene rings is 2. The van der Waals surface area contributed by atoms with Crippen LogP contribution in [-0.2, 0) is 14.8 Å². The van der Waals surface area contributed by atoms with Crippen LogP contribution in [0.2, 0.25) is 0 Å². The van der Waals surface area contributed by atoms with Crippen LogP contribution in [-0.4, -0.2) is 26.0 Å². The van der Waals surface area contributed by atoms with Gasteiger partial charge in [-0.2, -0.15) is 0 Å². The number of anilines is 1. The Bertz CT molecular complexity index is 758. The zero-order valence-corrected chi connectivity index (χ0v) is 13.4. The van der Waals surface area contributed by atoms with Gasteiger partial charge in [0.1, 0.15) is 0 Å². The van der Waals surface area contributed by atoms with Crippen molar-refractivity contribution in [2.45, 2.75) is 17.9 Å². The molecule has 2 aromatic rings. The molecule has 0 aliphatic heterocycles. The average Bonchev–Trinajstić information content (AvgIpc) is 2.53. The maximum atomic E-state index is 12.2. The van der Waals surface area contributed by atoms with Crippen molar-refractivity contribution in [2.75, 3.05) is 11.9 Å². The highest BCUT2D eigenvalue weighted by Gasteiger charge is 2.16. The molecule has 0 aromatic heterocycles. The topological polar surface area (TPSA) is 95.5 Å². The Hall–Kier alpha value is -2.22. The molecule has 23 heavy (non-hydrogen) atoms. The standard InChI is InChI=1S/C16H18N2O4S/c1-12(19)18-14-7-9-15(10-8-14)23(21,22)17-11-16(20)13-5-3-2-4-6-13/h2-10,16-17,20H,11H2,1H3,(H,18,19)/t16-/m0/s1. The number of carbonyl (C=O) groups excluding carboxylic acids is 1. The van der Waals surface area contributed by atoms with Gasteiger partial charge in [0.15, 0.2) is 0 Å². The number of aliphatic hydroxyl groups excluding tert-OH is 1. The Labute approximate surface area is 135 Å². The molecular formula is C16H18N2O4S. The van der Waals surface area contributed by atoms with E-state index < -0.39 is 16.1 Å². The summed E-state index contributed by atoms with van der Waals surface area (Å²) in [6.45, 7) is 1.25. The fourth-order valence-corrected chi connectivity index (χ4v) is 3.02. The summed E-state index contributed by atoms with van der Waals surface area (Å²) in [4.78, 5) is 11.0. The van der Waals surface area contributed by atoms with Crippen LogP contribution < -0.4 is 10.0 Å². The van der Waals surface area contributed by atoms with Gasteiger partial charge in [-0.15, -0.1) is 0 Å². The molecule has 0 spiro atoms. The van der Waals surface area contributed by atoms with Crippen molar-refractivity contribution in [3.05, 3.63) is 60.2 Å². The zero-order valence-electron chi connectivity index (χ0n) is 12.6. The molecular weight excluding hydrogens is 316 g/mol. The van der Waals surface area contributed by atoms with Crippen molar-refractivity contribution < 1.29 is 18.3 Å². The highest BCUT2D eigenvalue weighted by Crippen LogP contribution is 2.16. The number of nitrogens with one attached hydrogen (secondary N) is 2. The lowest BCUT2D eigenvalue weighted by atomic mass is 10.1. The molecule has 0 radical (unpaired) electrons. The molecule has 2 aromatic carbocycles.